The molecular formula is C22H20ClF2N3O5S. The van der Waals surface area contributed by atoms with E-state index in [4.69, 9.17) is 21.1 Å². The predicted octanol–water partition coefficient (Wildman–Crippen LogP) is 5.10. The Bertz CT molecular complexity index is 1230. The number of nitro benzene ring substituents is 1. The van der Waals surface area contributed by atoms with E-state index in [0.29, 0.717) is 12.0 Å². The molecule has 0 spiro atoms. The van der Waals surface area contributed by atoms with Gasteiger partial charge in [0.05, 0.1) is 29.9 Å². The number of non-ortho nitro benzene ring substituents is 1. The molecule has 3 aromatic rings. The van der Waals surface area contributed by atoms with Gasteiger partial charge < -0.3 is 9.47 Å². The van der Waals surface area contributed by atoms with Gasteiger partial charge in [-0.3, -0.25) is 14.3 Å². The van der Waals surface area contributed by atoms with Gasteiger partial charge in [0.2, 0.25) is 5.28 Å². The van der Waals surface area contributed by atoms with Gasteiger partial charge in [-0.25, -0.2) is 18.7 Å². The molecule has 0 amide bonds. The zero-order valence-electron chi connectivity index (χ0n) is 18.2. The van der Waals surface area contributed by atoms with Gasteiger partial charge in [0.25, 0.3) is 5.69 Å². The average molecular weight is 512 g/mol. The molecule has 0 aliphatic heterocycles. The van der Waals surface area contributed by atoms with E-state index >= 15 is 0 Å². The maximum Gasteiger partial charge on any atom is 0.273 e. The molecule has 0 radical (unpaired) electrons. The summed E-state index contributed by atoms with van der Waals surface area (Å²) in [5.74, 6) is -0.857. The summed E-state index contributed by atoms with van der Waals surface area (Å²) in [6.45, 7) is 1.80. The van der Waals surface area contributed by atoms with Crippen LogP contribution in [0.4, 0.5) is 14.5 Å². The van der Waals surface area contributed by atoms with E-state index in [9.17, 15) is 23.1 Å². The highest BCUT2D eigenvalue weighted by atomic mass is 35.5. The molecule has 180 valence electrons. The summed E-state index contributed by atoms with van der Waals surface area (Å²) in [7, 11) is -1.18. The van der Waals surface area contributed by atoms with Gasteiger partial charge in [0, 0.05) is 46.9 Å². The lowest BCUT2D eigenvalue weighted by atomic mass is 10.1. The number of nitrogens with zero attached hydrogens (tertiary/aromatic N) is 3. The first kappa shape index (κ1) is 25.4. The van der Waals surface area contributed by atoms with Gasteiger partial charge in [-0.1, -0.05) is 0 Å². The van der Waals surface area contributed by atoms with Crippen LogP contribution in [-0.2, 0) is 16.6 Å². The fourth-order valence-corrected chi connectivity index (χ4v) is 3.88. The van der Waals surface area contributed by atoms with E-state index in [2.05, 4.69) is 9.97 Å². The van der Waals surface area contributed by atoms with Gasteiger partial charge in [0.1, 0.15) is 23.0 Å². The number of hydrogen-bond acceptors (Lipinski definition) is 7. The van der Waals surface area contributed by atoms with Crippen molar-refractivity contribution in [3.8, 4) is 22.8 Å². The lowest BCUT2D eigenvalue weighted by Crippen LogP contribution is -2.16. The molecule has 34 heavy (non-hydrogen) atoms. The zero-order valence-corrected chi connectivity index (χ0v) is 19.7. The number of hydrogen-bond donors (Lipinski definition) is 0. The Kier molecular flexibility index (Phi) is 8.46. The maximum absolute atomic E-state index is 14.2. The van der Waals surface area contributed by atoms with Gasteiger partial charge in [-0.15, -0.1) is 0 Å². The standard InChI is InChI=1S/C22H20ClF2N3O5S/c1-13(33-17-8-14(12-34(2)31)7-16(10-17)28(29)30)5-6-32-20-9-15(24)3-4-18(20)21-19(25)11-26-22(23)27-21/h3-4,7-11,13H,5-6,12H2,1-2H3/t13-,34+/m1/s1. The van der Waals surface area contributed by atoms with Crippen molar-refractivity contribution in [2.45, 2.75) is 25.2 Å². The number of nitro groups is 1. The van der Waals surface area contributed by atoms with E-state index in [0.717, 1.165) is 18.3 Å². The number of aromatic nitrogens is 2. The molecule has 0 N–H and O–H groups in total. The molecule has 12 heteroatoms. The number of benzene rings is 2. The summed E-state index contributed by atoms with van der Waals surface area (Å²) in [6.07, 6.45) is 2.29. The topological polar surface area (TPSA) is 104 Å². The second-order valence-corrected chi connectivity index (χ2v) is 9.12. The Morgan fingerprint density at radius 3 is 2.71 bits per heavy atom. The third kappa shape index (κ3) is 6.91. The minimum absolute atomic E-state index is 0.0592. The lowest BCUT2D eigenvalue weighted by Gasteiger charge is -2.17. The van der Waals surface area contributed by atoms with Crippen molar-refractivity contribution >= 4 is 28.1 Å². The summed E-state index contributed by atoms with van der Waals surface area (Å²) in [4.78, 5) is 18.1. The number of halogens is 3. The summed E-state index contributed by atoms with van der Waals surface area (Å²) in [6, 6.07) is 7.81. The fraction of sp³-hybridized carbons (Fsp3) is 0.273. The van der Waals surface area contributed by atoms with Crippen molar-refractivity contribution in [2.75, 3.05) is 12.9 Å². The van der Waals surface area contributed by atoms with Gasteiger partial charge in [0.15, 0.2) is 5.82 Å². The third-order valence-corrected chi connectivity index (χ3v) is 5.49. The molecule has 2 aromatic carbocycles. The van der Waals surface area contributed by atoms with Crippen LogP contribution in [0.25, 0.3) is 11.3 Å². The number of ether oxygens (including phenoxy) is 2. The van der Waals surface area contributed by atoms with Crippen LogP contribution in [0.2, 0.25) is 5.28 Å². The largest absolute Gasteiger partial charge is 0.493 e. The van der Waals surface area contributed by atoms with Crippen LogP contribution in [-0.4, -0.2) is 38.1 Å². The van der Waals surface area contributed by atoms with E-state index < -0.39 is 33.5 Å². The van der Waals surface area contributed by atoms with Crippen molar-refractivity contribution in [2.24, 2.45) is 0 Å². The molecule has 0 saturated carbocycles. The van der Waals surface area contributed by atoms with Gasteiger partial charge >= 0.3 is 0 Å². The van der Waals surface area contributed by atoms with Crippen LogP contribution < -0.4 is 9.47 Å². The Morgan fingerprint density at radius 1 is 1.24 bits per heavy atom. The Labute approximate surface area is 201 Å². The molecule has 8 nitrogen and oxygen atoms in total. The molecular weight excluding hydrogens is 492 g/mol. The molecule has 0 saturated heterocycles. The maximum atomic E-state index is 14.2. The lowest BCUT2D eigenvalue weighted by molar-refractivity contribution is -0.385. The summed E-state index contributed by atoms with van der Waals surface area (Å²) >= 11 is 5.76. The van der Waals surface area contributed by atoms with Crippen LogP contribution >= 0.6 is 11.6 Å². The van der Waals surface area contributed by atoms with Crippen LogP contribution in [0, 0.1) is 21.7 Å². The molecule has 1 aromatic heterocycles. The third-order valence-electron chi connectivity index (χ3n) is 4.56. The van der Waals surface area contributed by atoms with Crippen molar-refractivity contribution in [3.05, 3.63) is 75.2 Å². The summed E-state index contributed by atoms with van der Waals surface area (Å²) in [5, 5.41) is 11.0. The van der Waals surface area contributed by atoms with Crippen LogP contribution in [0.5, 0.6) is 11.5 Å². The fourth-order valence-electron chi connectivity index (χ4n) is 3.11. The molecule has 3 rings (SSSR count). The number of rotatable bonds is 10. The normalized spacial score (nSPS) is 12.7. The first-order chi connectivity index (χ1) is 16.1. The minimum atomic E-state index is -1.18. The molecule has 0 unspecified atom stereocenters. The Hall–Kier alpha value is -3.18. The molecule has 0 fully saturated rings. The smallest absolute Gasteiger partial charge is 0.273 e. The highest BCUT2D eigenvalue weighted by Gasteiger charge is 2.17. The average Bonchev–Trinajstić information content (AvgIpc) is 2.75. The van der Waals surface area contributed by atoms with Crippen molar-refractivity contribution in [3.63, 3.8) is 0 Å². The molecule has 2 atom stereocenters. The highest BCUT2D eigenvalue weighted by molar-refractivity contribution is 7.83. The monoisotopic (exact) mass is 511 g/mol. The Morgan fingerprint density at radius 2 is 2.00 bits per heavy atom. The quantitative estimate of drug-likeness (QED) is 0.212. The van der Waals surface area contributed by atoms with Crippen molar-refractivity contribution in [1.82, 2.24) is 9.97 Å². The molecule has 0 aliphatic rings. The Balaban J connectivity index is 1.70. The zero-order chi connectivity index (χ0) is 24.8. The van der Waals surface area contributed by atoms with Crippen molar-refractivity contribution in [1.29, 1.82) is 0 Å². The second kappa shape index (κ2) is 11.3. The predicted molar refractivity (Wildman–Crippen MR) is 123 cm³/mol. The first-order valence-electron chi connectivity index (χ1n) is 9.98. The minimum Gasteiger partial charge on any atom is -0.493 e. The van der Waals surface area contributed by atoms with Crippen LogP contribution in [0.15, 0.2) is 42.6 Å². The van der Waals surface area contributed by atoms with E-state index in [1.54, 1.807) is 13.0 Å². The van der Waals surface area contributed by atoms with Crippen LogP contribution in [0.1, 0.15) is 18.9 Å². The summed E-state index contributed by atoms with van der Waals surface area (Å²) < 4.78 is 51.0. The molecule has 1 heterocycles. The molecule has 0 aliphatic carbocycles. The van der Waals surface area contributed by atoms with Gasteiger partial charge in [-0.05, 0) is 42.3 Å². The molecule has 0 bridgehead atoms. The van der Waals surface area contributed by atoms with Crippen LogP contribution in [0.3, 0.4) is 0 Å². The summed E-state index contributed by atoms with van der Waals surface area (Å²) in [5.41, 5.74) is 0.421. The second-order valence-electron chi connectivity index (χ2n) is 7.35. The van der Waals surface area contributed by atoms with Crippen molar-refractivity contribution < 1.29 is 27.4 Å². The highest BCUT2D eigenvalue weighted by Crippen LogP contribution is 2.32. The van der Waals surface area contributed by atoms with E-state index in [1.165, 1.54) is 24.5 Å². The SMILES string of the molecule is C[C@H](CCOc1cc(F)ccc1-c1nc(Cl)ncc1F)Oc1cc(C[S@](C)=O)cc([N+](=O)[O-])c1. The van der Waals surface area contributed by atoms with Gasteiger partial charge in [-0.2, -0.15) is 0 Å². The van der Waals surface area contributed by atoms with E-state index in [-0.39, 0.29) is 46.1 Å². The first-order valence-corrected chi connectivity index (χ1v) is 12.1. The van der Waals surface area contributed by atoms with E-state index in [1.807, 2.05) is 0 Å².